The number of piperazine rings is 1. The molecule has 0 atom stereocenters. The van der Waals surface area contributed by atoms with Gasteiger partial charge in [0, 0.05) is 37.9 Å². The highest BCUT2D eigenvalue weighted by Gasteiger charge is 2.20. The molecule has 0 saturated carbocycles. The lowest BCUT2D eigenvalue weighted by Crippen LogP contribution is -2.46. The Labute approximate surface area is 195 Å². The molecule has 0 spiro atoms. The summed E-state index contributed by atoms with van der Waals surface area (Å²) in [5.41, 5.74) is 3.64. The molecule has 1 aromatic heterocycles. The number of nitrogens with one attached hydrogen (secondary N) is 1. The number of aliphatic imine (C=N–C) groups is 1. The molecule has 1 fully saturated rings. The molecule has 0 bridgehead atoms. The number of hydrogen-bond donors (Lipinski definition) is 1. The number of para-hydroxylation sites is 1. The molecular formula is C27H28N6. The van der Waals surface area contributed by atoms with Crippen LogP contribution in [0.1, 0.15) is 18.3 Å². The lowest BCUT2D eigenvalue weighted by Gasteiger charge is -2.36. The number of amidine groups is 1. The SMILES string of the molecule is CC1=CC(Nc2cc(N3CCN(c4ccccc4)CC3)nc(/C=C/c3ccccc3)n2)=NC1. The summed E-state index contributed by atoms with van der Waals surface area (Å²) in [6.45, 7) is 6.56. The van der Waals surface area contributed by atoms with Gasteiger partial charge >= 0.3 is 0 Å². The maximum atomic E-state index is 4.87. The van der Waals surface area contributed by atoms with Crippen molar-refractivity contribution in [2.24, 2.45) is 4.99 Å². The second-order valence-corrected chi connectivity index (χ2v) is 8.34. The van der Waals surface area contributed by atoms with Gasteiger partial charge in [0.05, 0.1) is 6.54 Å². The van der Waals surface area contributed by atoms with Crippen LogP contribution >= 0.6 is 0 Å². The molecule has 166 valence electrons. The van der Waals surface area contributed by atoms with E-state index < -0.39 is 0 Å². The fourth-order valence-corrected chi connectivity index (χ4v) is 4.06. The van der Waals surface area contributed by atoms with E-state index in [-0.39, 0.29) is 0 Å². The Morgan fingerprint density at radius 3 is 2.21 bits per heavy atom. The Balaban J connectivity index is 1.37. The van der Waals surface area contributed by atoms with E-state index in [1.165, 1.54) is 11.3 Å². The predicted molar refractivity (Wildman–Crippen MR) is 138 cm³/mol. The van der Waals surface area contributed by atoms with Crippen LogP contribution in [0.4, 0.5) is 17.3 Å². The van der Waals surface area contributed by atoms with Crippen molar-refractivity contribution in [3.8, 4) is 0 Å². The zero-order chi connectivity index (χ0) is 22.5. The smallest absolute Gasteiger partial charge is 0.156 e. The van der Waals surface area contributed by atoms with Crippen LogP contribution in [-0.4, -0.2) is 48.5 Å². The van der Waals surface area contributed by atoms with Crippen LogP contribution in [0.5, 0.6) is 0 Å². The molecule has 6 nitrogen and oxygen atoms in total. The number of benzene rings is 2. The molecule has 6 heteroatoms. The van der Waals surface area contributed by atoms with Crippen LogP contribution in [0.25, 0.3) is 12.2 Å². The predicted octanol–water partition coefficient (Wildman–Crippen LogP) is 4.74. The Hall–Kier alpha value is -3.93. The summed E-state index contributed by atoms with van der Waals surface area (Å²) in [5.74, 6) is 3.24. The van der Waals surface area contributed by atoms with E-state index in [1.54, 1.807) is 0 Å². The van der Waals surface area contributed by atoms with Gasteiger partial charge in [-0.2, -0.15) is 0 Å². The average Bonchev–Trinajstić information content (AvgIpc) is 3.28. The summed E-state index contributed by atoms with van der Waals surface area (Å²) in [5, 5.41) is 3.38. The van der Waals surface area contributed by atoms with Gasteiger partial charge in [-0.05, 0) is 42.3 Å². The molecule has 2 aromatic carbocycles. The maximum absolute atomic E-state index is 4.87. The Bertz CT molecular complexity index is 1180. The molecule has 1 saturated heterocycles. The Morgan fingerprint density at radius 2 is 1.52 bits per heavy atom. The Morgan fingerprint density at radius 1 is 0.818 bits per heavy atom. The van der Waals surface area contributed by atoms with Crippen molar-refractivity contribution in [1.29, 1.82) is 0 Å². The number of aromatic nitrogens is 2. The van der Waals surface area contributed by atoms with Crippen molar-refractivity contribution in [3.05, 3.63) is 89.8 Å². The first kappa shape index (κ1) is 20.9. The van der Waals surface area contributed by atoms with Gasteiger partial charge < -0.3 is 15.1 Å². The molecule has 5 rings (SSSR count). The third kappa shape index (κ3) is 5.29. The second-order valence-electron chi connectivity index (χ2n) is 8.34. The minimum Gasteiger partial charge on any atom is -0.368 e. The van der Waals surface area contributed by atoms with E-state index in [0.29, 0.717) is 5.82 Å². The minimum absolute atomic E-state index is 0.684. The first-order valence-corrected chi connectivity index (χ1v) is 11.4. The third-order valence-corrected chi connectivity index (χ3v) is 5.82. The normalized spacial score (nSPS) is 16.2. The van der Waals surface area contributed by atoms with E-state index in [2.05, 4.69) is 75.6 Å². The van der Waals surface area contributed by atoms with E-state index in [1.807, 2.05) is 36.4 Å². The minimum atomic E-state index is 0.684. The molecule has 33 heavy (non-hydrogen) atoms. The molecule has 2 aliphatic rings. The summed E-state index contributed by atoms with van der Waals surface area (Å²) < 4.78 is 0. The fourth-order valence-electron chi connectivity index (χ4n) is 4.06. The summed E-state index contributed by atoms with van der Waals surface area (Å²) in [4.78, 5) is 18.9. The number of hydrogen-bond acceptors (Lipinski definition) is 6. The summed E-state index contributed by atoms with van der Waals surface area (Å²) >= 11 is 0. The van der Waals surface area contributed by atoms with E-state index >= 15 is 0 Å². The van der Waals surface area contributed by atoms with Crippen molar-refractivity contribution in [2.75, 3.05) is 47.8 Å². The Kier molecular flexibility index (Phi) is 6.15. The molecule has 1 N–H and O–H groups in total. The average molecular weight is 437 g/mol. The molecule has 3 heterocycles. The highest BCUT2D eigenvalue weighted by Crippen LogP contribution is 2.22. The number of rotatable bonds is 5. The highest BCUT2D eigenvalue weighted by atomic mass is 15.3. The molecule has 0 radical (unpaired) electrons. The quantitative estimate of drug-likeness (QED) is 0.626. The van der Waals surface area contributed by atoms with Crippen LogP contribution in [0.2, 0.25) is 0 Å². The molecule has 3 aromatic rings. The lowest BCUT2D eigenvalue weighted by molar-refractivity contribution is 0.646. The highest BCUT2D eigenvalue weighted by molar-refractivity contribution is 6.05. The molecule has 0 amide bonds. The first-order chi connectivity index (χ1) is 16.2. The van der Waals surface area contributed by atoms with Crippen molar-refractivity contribution < 1.29 is 0 Å². The maximum Gasteiger partial charge on any atom is 0.156 e. The van der Waals surface area contributed by atoms with Gasteiger partial charge in [0.2, 0.25) is 0 Å². The molecule has 2 aliphatic heterocycles. The fraction of sp³-hybridized carbons (Fsp3) is 0.222. The van der Waals surface area contributed by atoms with Gasteiger partial charge in [-0.3, -0.25) is 4.99 Å². The van der Waals surface area contributed by atoms with E-state index in [9.17, 15) is 0 Å². The van der Waals surface area contributed by atoms with Gasteiger partial charge in [-0.15, -0.1) is 0 Å². The number of anilines is 3. The second kappa shape index (κ2) is 9.69. The van der Waals surface area contributed by atoms with Gasteiger partial charge in [-0.1, -0.05) is 54.6 Å². The van der Waals surface area contributed by atoms with Crippen molar-refractivity contribution in [3.63, 3.8) is 0 Å². The van der Waals surface area contributed by atoms with Gasteiger partial charge in [-0.25, -0.2) is 9.97 Å². The van der Waals surface area contributed by atoms with Crippen LogP contribution in [0, 0.1) is 0 Å². The van der Waals surface area contributed by atoms with Crippen molar-refractivity contribution in [2.45, 2.75) is 6.92 Å². The standard InChI is InChI=1S/C27H28N6/c1-21-18-25(28-20-21)30-26-19-27(31-24(29-26)13-12-22-8-4-2-5-9-22)33-16-14-32(15-17-33)23-10-6-3-7-11-23/h2-13,18-19H,14-17,20H2,1H3,(H,28,29,30,31)/b13-12+. The molecule has 0 unspecified atom stereocenters. The van der Waals surface area contributed by atoms with Crippen molar-refractivity contribution in [1.82, 2.24) is 9.97 Å². The van der Waals surface area contributed by atoms with Crippen LogP contribution < -0.4 is 15.1 Å². The molecular weight excluding hydrogens is 408 g/mol. The van der Waals surface area contributed by atoms with E-state index in [4.69, 9.17) is 9.97 Å². The first-order valence-electron chi connectivity index (χ1n) is 11.4. The molecule has 0 aliphatic carbocycles. The zero-order valence-corrected chi connectivity index (χ0v) is 18.9. The van der Waals surface area contributed by atoms with Crippen LogP contribution in [0.3, 0.4) is 0 Å². The summed E-state index contributed by atoms with van der Waals surface area (Å²) in [6, 6.07) is 22.9. The monoisotopic (exact) mass is 436 g/mol. The topological polar surface area (TPSA) is 56.6 Å². The number of nitrogens with zero attached hydrogens (tertiary/aromatic N) is 5. The van der Waals surface area contributed by atoms with Crippen molar-refractivity contribution >= 4 is 35.3 Å². The van der Waals surface area contributed by atoms with Gasteiger partial charge in [0.15, 0.2) is 5.82 Å². The zero-order valence-electron chi connectivity index (χ0n) is 18.9. The van der Waals surface area contributed by atoms with E-state index in [0.717, 1.165) is 55.8 Å². The van der Waals surface area contributed by atoms with Gasteiger partial charge in [0.25, 0.3) is 0 Å². The summed E-state index contributed by atoms with van der Waals surface area (Å²) in [6.07, 6.45) is 6.09. The summed E-state index contributed by atoms with van der Waals surface area (Å²) in [7, 11) is 0. The largest absolute Gasteiger partial charge is 0.368 e. The van der Waals surface area contributed by atoms with Gasteiger partial charge in [0.1, 0.15) is 17.5 Å². The third-order valence-electron chi connectivity index (χ3n) is 5.82. The van der Waals surface area contributed by atoms with Crippen LogP contribution in [0.15, 0.2) is 83.4 Å². The van der Waals surface area contributed by atoms with Crippen LogP contribution in [-0.2, 0) is 0 Å². The lowest BCUT2D eigenvalue weighted by atomic mass is 10.2.